The van der Waals surface area contributed by atoms with Gasteiger partial charge in [-0.1, -0.05) is 55.2 Å². The number of ether oxygens (including phenoxy) is 1. The van der Waals surface area contributed by atoms with Crippen molar-refractivity contribution in [3.8, 4) is 0 Å². The molecular formula is C27H35Cl2N3O3. The minimum absolute atomic E-state index is 0.0389. The molecule has 2 aromatic carbocycles. The molecule has 8 heteroatoms. The lowest BCUT2D eigenvalue weighted by Crippen LogP contribution is -2.36. The van der Waals surface area contributed by atoms with Crippen LogP contribution in [-0.4, -0.2) is 50.0 Å². The Morgan fingerprint density at radius 1 is 1.06 bits per heavy atom. The second-order valence-electron chi connectivity index (χ2n) is 9.32. The molecule has 2 amide bonds. The zero-order chi connectivity index (χ0) is 25.4. The van der Waals surface area contributed by atoms with Gasteiger partial charge in [-0.25, -0.2) is 0 Å². The van der Waals surface area contributed by atoms with Crippen molar-refractivity contribution in [2.45, 2.75) is 45.1 Å². The molecule has 1 heterocycles. The number of amides is 2. The van der Waals surface area contributed by atoms with E-state index in [1.165, 1.54) is 12.7 Å². The van der Waals surface area contributed by atoms with E-state index in [0.717, 1.165) is 44.6 Å². The van der Waals surface area contributed by atoms with Gasteiger partial charge >= 0.3 is 0 Å². The number of hydrogen-bond donors (Lipinski definition) is 2. The first-order valence-electron chi connectivity index (χ1n) is 12.2. The highest BCUT2D eigenvalue weighted by atomic mass is 35.5. The molecule has 1 unspecified atom stereocenters. The highest BCUT2D eigenvalue weighted by Crippen LogP contribution is 2.30. The van der Waals surface area contributed by atoms with Gasteiger partial charge in [-0.05, 0) is 80.2 Å². The fourth-order valence-corrected chi connectivity index (χ4v) is 4.63. The van der Waals surface area contributed by atoms with Crippen LogP contribution < -0.4 is 10.6 Å². The summed E-state index contributed by atoms with van der Waals surface area (Å²) in [6.45, 7) is 7.34. The normalized spacial score (nSPS) is 15.7. The van der Waals surface area contributed by atoms with Gasteiger partial charge in [-0.3, -0.25) is 9.59 Å². The maximum Gasteiger partial charge on any atom is 0.253 e. The maximum atomic E-state index is 12.6. The molecule has 2 N–H and O–H groups in total. The predicted octanol–water partition coefficient (Wildman–Crippen LogP) is 5.66. The van der Waals surface area contributed by atoms with Crippen molar-refractivity contribution in [1.82, 2.24) is 10.2 Å². The van der Waals surface area contributed by atoms with Crippen molar-refractivity contribution in [2.24, 2.45) is 5.92 Å². The summed E-state index contributed by atoms with van der Waals surface area (Å²) in [5.74, 6) is 0.311. The molecule has 0 radical (unpaired) electrons. The Balaban J connectivity index is 1.40. The number of piperidine rings is 1. The smallest absolute Gasteiger partial charge is 0.253 e. The monoisotopic (exact) mass is 519 g/mol. The molecule has 0 bridgehead atoms. The summed E-state index contributed by atoms with van der Waals surface area (Å²) in [5.41, 5.74) is 2.83. The molecule has 6 nitrogen and oxygen atoms in total. The van der Waals surface area contributed by atoms with Crippen LogP contribution in [0.25, 0.3) is 0 Å². The lowest BCUT2D eigenvalue weighted by molar-refractivity contribution is -0.131. The van der Waals surface area contributed by atoms with Gasteiger partial charge in [0.25, 0.3) is 5.91 Å². The van der Waals surface area contributed by atoms with Crippen LogP contribution in [0, 0.1) is 5.92 Å². The Morgan fingerprint density at radius 3 is 2.46 bits per heavy atom. The molecule has 3 rings (SSSR count). The Bertz CT molecular complexity index is 1010. The predicted molar refractivity (Wildman–Crippen MR) is 142 cm³/mol. The Labute approximate surface area is 218 Å². The topological polar surface area (TPSA) is 70.7 Å². The van der Waals surface area contributed by atoms with Crippen molar-refractivity contribution < 1.29 is 14.3 Å². The van der Waals surface area contributed by atoms with Gasteiger partial charge in [-0.15, -0.1) is 0 Å². The average Bonchev–Trinajstić information content (AvgIpc) is 2.85. The summed E-state index contributed by atoms with van der Waals surface area (Å²) in [6.07, 6.45) is 2.31. The molecule has 0 saturated carbocycles. The first-order chi connectivity index (χ1) is 16.8. The number of rotatable bonds is 10. The molecule has 0 spiro atoms. The van der Waals surface area contributed by atoms with Crippen LogP contribution in [0.2, 0.25) is 10.0 Å². The number of carbonyl (C=O) groups is 2. The van der Waals surface area contributed by atoms with Crippen LogP contribution in [0.3, 0.4) is 0 Å². The lowest BCUT2D eigenvalue weighted by Gasteiger charge is -2.32. The van der Waals surface area contributed by atoms with Gasteiger partial charge in [0.1, 0.15) is 0 Å². The minimum atomic E-state index is -0.721. The fourth-order valence-electron chi connectivity index (χ4n) is 4.32. The molecule has 0 aliphatic carbocycles. The van der Waals surface area contributed by atoms with E-state index in [1.54, 1.807) is 18.2 Å². The first-order valence-corrected chi connectivity index (χ1v) is 12.9. The summed E-state index contributed by atoms with van der Waals surface area (Å²) in [7, 11) is 1.50. The van der Waals surface area contributed by atoms with Crippen LogP contribution in [0.1, 0.15) is 56.3 Å². The fraction of sp³-hybridized carbons (Fsp3) is 0.481. The van der Waals surface area contributed by atoms with E-state index in [1.807, 2.05) is 26.0 Å². The van der Waals surface area contributed by atoms with Gasteiger partial charge in [-0.2, -0.15) is 0 Å². The van der Waals surface area contributed by atoms with Gasteiger partial charge in [0.2, 0.25) is 5.91 Å². The number of halogens is 2. The van der Waals surface area contributed by atoms with Gasteiger partial charge in [0.05, 0.1) is 10.0 Å². The van der Waals surface area contributed by atoms with E-state index in [2.05, 4.69) is 27.7 Å². The van der Waals surface area contributed by atoms with Gasteiger partial charge in [0.15, 0.2) is 6.10 Å². The van der Waals surface area contributed by atoms with E-state index >= 15 is 0 Å². The molecule has 1 atom stereocenters. The molecule has 1 saturated heterocycles. The van der Waals surface area contributed by atoms with Crippen LogP contribution in [-0.2, 0) is 14.3 Å². The molecule has 0 aromatic heterocycles. The van der Waals surface area contributed by atoms with E-state index in [0.29, 0.717) is 28.1 Å². The number of methoxy groups -OCH3 is 1. The Kier molecular flexibility index (Phi) is 10.4. The molecule has 1 aliphatic rings. The number of hydrogen-bond acceptors (Lipinski definition) is 4. The number of likely N-dealkylation sites (tertiary alicyclic amines) is 1. The number of nitrogens with zero attached hydrogens (tertiary/aromatic N) is 1. The summed E-state index contributed by atoms with van der Waals surface area (Å²) < 4.78 is 5.39. The Morgan fingerprint density at radius 2 is 1.80 bits per heavy atom. The number of anilines is 1. The molecule has 190 valence electrons. The third-order valence-corrected chi connectivity index (χ3v) is 7.15. The van der Waals surface area contributed by atoms with Crippen molar-refractivity contribution in [3.05, 3.63) is 63.6 Å². The number of nitrogens with one attached hydrogen (secondary N) is 2. The first kappa shape index (κ1) is 27.5. The molecule has 2 aromatic rings. The summed E-state index contributed by atoms with van der Waals surface area (Å²) in [6, 6.07) is 13.3. The van der Waals surface area contributed by atoms with E-state index in [4.69, 9.17) is 27.9 Å². The summed E-state index contributed by atoms with van der Waals surface area (Å²) in [4.78, 5) is 27.0. The minimum Gasteiger partial charge on any atom is -0.367 e. The zero-order valence-electron chi connectivity index (χ0n) is 20.7. The van der Waals surface area contributed by atoms with Crippen LogP contribution in [0.5, 0.6) is 0 Å². The highest BCUT2D eigenvalue weighted by Gasteiger charge is 2.22. The van der Waals surface area contributed by atoms with Crippen LogP contribution >= 0.6 is 23.2 Å². The second-order valence-corrected chi connectivity index (χ2v) is 10.1. The van der Waals surface area contributed by atoms with Crippen molar-refractivity contribution in [1.29, 1.82) is 0 Å². The molecule has 1 fully saturated rings. The average molecular weight is 521 g/mol. The SMILES string of the molecule is COC(C(=O)NCCCN1CCC(c2cccc(NC(=O)C(C)C)c2)CC1)c1ccc(Cl)c(Cl)c1. The molecular weight excluding hydrogens is 485 g/mol. The molecule has 1 aliphatic heterocycles. The van der Waals surface area contributed by atoms with Crippen molar-refractivity contribution in [3.63, 3.8) is 0 Å². The number of benzene rings is 2. The highest BCUT2D eigenvalue weighted by molar-refractivity contribution is 6.42. The zero-order valence-corrected chi connectivity index (χ0v) is 22.2. The maximum absolute atomic E-state index is 12.6. The molecule has 35 heavy (non-hydrogen) atoms. The van der Waals surface area contributed by atoms with Crippen LogP contribution in [0.4, 0.5) is 5.69 Å². The second kappa shape index (κ2) is 13.3. The van der Waals surface area contributed by atoms with Crippen molar-refractivity contribution in [2.75, 3.05) is 38.6 Å². The lowest BCUT2D eigenvalue weighted by atomic mass is 9.89. The third kappa shape index (κ3) is 7.94. The summed E-state index contributed by atoms with van der Waals surface area (Å²) >= 11 is 12.0. The Hall–Kier alpha value is -2.12. The third-order valence-electron chi connectivity index (χ3n) is 6.41. The van der Waals surface area contributed by atoms with E-state index in [9.17, 15) is 9.59 Å². The van der Waals surface area contributed by atoms with E-state index in [-0.39, 0.29) is 17.7 Å². The largest absolute Gasteiger partial charge is 0.367 e. The standard InChI is InChI=1S/C27H35Cl2N3O3/c1-18(2)26(33)31-22-7-4-6-20(16-22)19-10-14-32(15-11-19)13-5-12-30-27(34)25(35-3)21-8-9-23(28)24(29)17-21/h4,6-9,16-19,25H,5,10-15H2,1-3H3,(H,30,34)(H,31,33). The van der Waals surface area contributed by atoms with Gasteiger partial charge in [0, 0.05) is 25.3 Å². The van der Waals surface area contributed by atoms with Crippen LogP contribution in [0.15, 0.2) is 42.5 Å². The number of carbonyl (C=O) groups excluding carboxylic acids is 2. The summed E-state index contributed by atoms with van der Waals surface area (Å²) in [5, 5.41) is 6.81. The van der Waals surface area contributed by atoms with E-state index < -0.39 is 6.10 Å². The van der Waals surface area contributed by atoms with Crippen molar-refractivity contribution >= 4 is 40.7 Å². The van der Waals surface area contributed by atoms with Gasteiger partial charge < -0.3 is 20.3 Å². The quantitative estimate of drug-likeness (QED) is 0.397.